The lowest BCUT2D eigenvalue weighted by molar-refractivity contribution is 0.103. The summed E-state index contributed by atoms with van der Waals surface area (Å²) in [7, 11) is 0. The Balaban J connectivity index is 1.76. The maximum absolute atomic E-state index is 5.90. The van der Waals surface area contributed by atoms with E-state index in [0.717, 1.165) is 19.1 Å². The van der Waals surface area contributed by atoms with Crippen LogP contribution in [0.2, 0.25) is 0 Å². The Labute approximate surface area is 117 Å². The molecule has 0 amide bonds. The van der Waals surface area contributed by atoms with Crippen LogP contribution in [0.4, 0.5) is 0 Å². The highest BCUT2D eigenvalue weighted by Crippen LogP contribution is 2.18. The van der Waals surface area contributed by atoms with Gasteiger partial charge in [0.05, 0.1) is 6.61 Å². The lowest BCUT2D eigenvalue weighted by Gasteiger charge is -2.22. The van der Waals surface area contributed by atoms with E-state index in [1.54, 1.807) is 0 Å². The molecule has 0 aromatic heterocycles. The van der Waals surface area contributed by atoms with Crippen molar-refractivity contribution in [3.8, 4) is 0 Å². The number of ether oxygens (including phenoxy) is 1. The van der Waals surface area contributed by atoms with Gasteiger partial charge < -0.3 is 10.1 Å². The molecule has 0 saturated carbocycles. The highest BCUT2D eigenvalue weighted by Gasteiger charge is 2.12. The molecular formula is C17H27NO. The second kappa shape index (κ2) is 7.06. The first-order chi connectivity index (χ1) is 9.16. The molecule has 1 fully saturated rings. The molecule has 1 aliphatic rings. The largest absolute Gasteiger partial charge is 0.377 e. The van der Waals surface area contributed by atoms with Crippen LogP contribution < -0.4 is 5.32 Å². The molecule has 2 rings (SSSR count). The van der Waals surface area contributed by atoms with Crippen molar-refractivity contribution in [3.63, 3.8) is 0 Å². The average molecular weight is 261 g/mol. The third-order valence-electron chi connectivity index (χ3n) is 4.16. The summed E-state index contributed by atoms with van der Waals surface area (Å²) in [6.07, 6.45) is 3.87. The summed E-state index contributed by atoms with van der Waals surface area (Å²) in [4.78, 5) is 0. The first-order valence-corrected chi connectivity index (χ1v) is 7.52. The lowest BCUT2D eigenvalue weighted by Crippen LogP contribution is -2.30. The van der Waals surface area contributed by atoms with Crippen LogP contribution in [0, 0.1) is 26.7 Å². The summed E-state index contributed by atoms with van der Waals surface area (Å²) in [6.45, 7) is 10.5. The van der Waals surface area contributed by atoms with E-state index in [2.05, 4.69) is 38.2 Å². The van der Waals surface area contributed by atoms with E-state index in [1.165, 1.54) is 54.6 Å². The highest BCUT2D eigenvalue weighted by molar-refractivity contribution is 5.36. The Hall–Kier alpha value is -0.860. The van der Waals surface area contributed by atoms with Crippen molar-refractivity contribution in [1.29, 1.82) is 0 Å². The minimum atomic E-state index is 0.762. The van der Waals surface area contributed by atoms with Crippen molar-refractivity contribution in [2.45, 2.75) is 46.6 Å². The average Bonchev–Trinajstić information content (AvgIpc) is 2.38. The van der Waals surface area contributed by atoms with Gasteiger partial charge in [-0.3, -0.25) is 0 Å². The molecule has 1 aromatic rings. The van der Waals surface area contributed by atoms with Crippen LogP contribution in [0.15, 0.2) is 12.1 Å². The maximum Gasteiger partial charge on any atom is 0.0721 e. The summed E-state index contributed by atoms with van der Waals surface area (Å²) in [6, 6.07) is 4.49. The zero-order valence-electron chi connectivity index (χ0n) is 12.6. The summed E-state index contributed by atoms with van der Waals surface area (Å²) in [5.74, 6) is 0.814. The molecule has 1 saturated heterocycles. The fourth-order valence-corrected chi connectivity index (χ4v) is 3.03. The molecule has 1 atom stereocenters. The Morgan fingerprint density at radius 1 is 1.21 bits per heavy atom. The number of nitrogens with one attached hydrogen (secondary N) is 1. The second-order valence-electron chi connectivity index (χ2n) is 5.93. The number of rotatable bonds is 5. The molecule has 0 aliphatic carbocycles. The van der Waals surface area contributed by atoms with Crippen molar-refractivity contribution in [1.82, 2.24) is 5.32 Å². The summed E-state index contributed by atoms with van der Waals surface area (Å²) in [5.41, 5.74) is 5.42. The normalized spacial score (nSPS) is 19.6. The number of hydrogen-bond acceptors (Lipinski definition) is 2. The van der Waals surface area contributed by atoms with Crippen LogP contribution in [0.5, 0.6) is 0 Å². The summed E-state index contributed by atoms with van der Waals surface area (Å²) < 4.78 is 5.90. The third kappa shape index (κ3) is 4.32. The molecular weight excluding hydrogens is 234 g/mol. The molecule has 106 valence electrons. The topological polar surface area (TPSA) is 21.3 Å². The van der Waals surface area contributed by atoms with Gasteiger partial charge in [0.1, 0.15) is 0 Å². The van der Waals surface area contributed by atoms with E-state index in [4.69, 9.17) is 4.74 Å². The van der Waals surface area contributed by atoms with Crippen molar-refractivity contribution in [2.75, 3.05) is 19.7 Å². The number of hydrogen-bond donors (Lipinski definition) is 1. The Morgan fingerprint density at radius 2 is 1.95 bits per heavy atom. The Bertz CT molecular complexity index is 385. The fourth-order valence-electron chi connectivity index (χ4n) is 3.03. The summed E-state index contributed by atoms with van der Waals surface area (Å²) >= 11 is 0. The molecule has 0 radical (unpaired) electrons. The van der Waals surface area contributed by atoms with Gasteiger partial charge in [-0.15, -0.1) is 0 Å². The van der Waals surface area contributed by atoms with Crippen molar-refractivity contribution in [3.05, 3.63) is 34.4 Å². The zero-order chi connectivity index (χ0) is 13.7. The van der Waals surface area contributed by atoms with Crippen LogP contribution in [0.25, 0.3) is 0 Å². The van der Waals surface area contributed by atoms with Gasteiger partial charge >= 0.3 is 0 Å². The monoisotopic (exact) mass is 261 g/mol. The number of benzene rings is 1. The number of aryl methyl sites for hydroxylation is 3. The van der Waals surface area contributed by atoms with Gasteiger partial charge in [-0.2, -0.15) is 0 Å². The Kier molecular flexibility index (Phi) is 5.41. The van der Waals surface area contributed by atoms with Crippen LogP contribution in [-0.2, 0) is 11.3 Å². The third-order valence-corrected chi connectivity index (χ3v) is 4.16. The molecule has 1 heterocycles. The van der Waals surface area contributed by atoms with Crippen molar-refractivity contribution < 1.29 is 4.74 Å². The van der Waals surface area contributed by atoms with Crippen LogP contribution >= 0.6 is 0 Å². The first kappa shape index (κ1) is 14.5. The van der Waals surface area contributed by atoms with Crippen molar-refractivity contribution in [2.24, 2.45) is 5.92 Å². The summed E-state index contributed by atoms with van der Waals surface area (Å²) in [5, 5.41) is 3.46. The van der Waals surface area contributed by atoms with Gasteiger partial charge in [0.2, 0.25) is 0 Å². The van der Waals surface area contributed by atoms with Gasteiger partial charge in [-0.05, 0) is 75.7 Å². The molecule has 1 aliphatic heterocycles. The zero-order valence-corrected chi connectivity index (χ0v) is 12.6. The van der Waals surface area contributed by atoms with E-state index in [-0.39, 0.29) is 0 Å². The van der Waals surface area contributed by atoms with E-state index in [1.807, 2.05) is 0 Å². The van der Waals surface area contributed by atoms with Gasteiger partial charge in [0.25, 0.3) is 0 Å². The van der Waals surface area contributed by atoms with Crippen LogP contribution in [0.3, 0.4) is 0 Å². The quantitative estimate of drug-likeness (QED) is 0.819. The van der Waals surface area contributed by atoms with Crippen LogP contribution in [-0.4, -0.2) is 19.7 Å². The molecule has 2 nitrogen and oxygen atoms in total. The van der Waals surface area contributed by atoms with Gasteiger partial charge in [0.15, 0.2) is 0 Å². The second-order valence-corrected chi connectivity index (χ2v) is 5.93. The van der Waals surface area contributed by atoms with Crippen LogP contribution in [0.1, 0.15) is 41.5 Å². The molecule has 1 aromatic carbocycles. The standard InChI is InChI=1S/C17H27NO/c1-13-9-14(2)17(15(3)10-13)12-19-8-6-16-5-4-7-18-11-16/h9-10,16,18H,4-8,11-12H2,1-3H3. The van der Waals surface area contributed by atoms with Gasteiger partial charge in [0, 0.05) is 6.61 Å². The molecule has 0 bridgehead atoms. The molecule has 0 spiro atoms. The fraction of sp³-hybridized carbons (Fsp3) is 0.647. The maximum atomic E-state index is 5.90. The van der Waals surface area contributed by atoms with E-state index in [9.17, 15) is 0 Å². The SMILES string of the molecule is Cc1cc(C)c(COCCC2CCCNC2)c(C)c1. The van der Waals surface area contributed by atoms with E-state index < -0.39 is 0 Å². The van der Waals surface area contributed by atoms with Crippen molar-refractivity contribution >= 4 is 0 Å². The molecule has 19 heavy (non-hydrogen) atoms. The minimum Gasteiger partial charge on any atom is -0.377 e. The molecule has 2 heteroatoms. The minimum absolute atomic E-state index is 0.762. The predicted molar refractivity (Wildman–Crippen MR) is 80.5 cm³/mol. The molecule has 1 unspecified atom stereocenters. The number of piperidine rings is 1. The Morgan fingerprint density at radius 3 is 2.58 bits per heavy atom. The van der Waals surface area contributed by atoms with Gasteiger partial charge in [-0.25, -0.2) is 0 Å². The predicted octanol–water partition coefficient (Wildman–Crippen LogP) is 3.52. The van der Waals surface area contributed by atoms with E-state index in [0.29, 0.717) is 0 Å². The molecule has 1 N–H and O–H groups in total. The first-order valence-electron chi connectivity index (χ1n) is 7.52. The van der Waals surface area contributed by atoms with E-state index >= 15 is 0 Å². The highest BCUT2D eigenvalue weighted by atomic mass is 16.5. The van der Waals surface area contributed by atoms with Gasteiger partial charge in [-0.1, -0.05) is 17.7 Å². The lowest BCUT2D eigenvalue weighted by atomic mass is 9.97. The smallest absolute Gasteiger partial charge is 0.0721 e.